The molecule has 0 saturated carbocycles. The third-order valence-corrected chi connectivity index (χ3v) is 4.13. The predicted molar refractivity (Wildman–Crippen MR) is 81.1 cm³/mol. The van der Waals surface area contributed by atoms with E-state index >= 15 is 0 Å². The highest BCUT2D eigenvalue weighted by Gasteiger charge is 2.18. The summed E-state index contributed by atoms with van der Waals surface area (Å²) >= 11 is 3.41. The van der Waals surface area contributed by atoms with Gasteiger partial charge in [-0.2, -0.15) is 0 Å². The second-order valence-corrected chi connectivity index (χ2v) is 5.36. The van der Waals surface area contributed by atoms with Crippen molar-refractivity contribution in [3.63, 3.8) is 0 Å². The van der Waals surface area contributed by atoms with Gasteiger partial charge in [-0.1, -0.05) is 36.4 Å². The van der Waals surface area contributed by atoms with Crippen LogP contribution in [0.1, 0.15) is 22.7 Å². The lowest BCUT2D eigenvalue weighted by molar-refractivity contribution is 0.535. The minimum Gasteiger partial charge on any atom is -0.457 e. The number of nitrogens with two attached hydrogens (primary N) is 1. The molecule has 2 nitrogen and oxygen atoms in total. The van der Waals surface area contributed by atoms with E-state index in [1.54, 1.807) is 6.26 Å². The third kappa shape index (κ3) is 2.09. The van der Waals surface area contributed by atoms with Gasteiger partial charge >= 0.3 is 0 Å². The lowest BCUT2D eigenvalue weighted by atomic mass is 9.92. The average molecular weight is 316 g/mol. The lowest BCUT2D eigenvalue weighted by Gasteiger charge is -2.17. The first kappa shape index (κ1) is 12.5. The Hall–Kier alpha value is -1.58. The molecule has 3 aromatic rings. The van der Waals surface area contributed by atoms with E-state index in [2.05, 4.69) is 47.1 Å². The number of furan rings is 1. The average Bonchev–Trinajstić information content (AvgIpc) is 2.84. The maximum atomic E-state index is 6.44. The van der Waals surface area contributed by atoms with Crippen molar-refractivity contribution in [1.29, 1.82) is 0 Å². The van der Waals surface area contributed by atoms with Gasteiger partial charge in [0.1, 0.15) is 0 Å². The maximum Gasteiger partial charge on any atom is 0.174 e. The molecule has 2 N–H and O–H groups in total. The van der Waals surface area contributed by atoms with Gasteiger partial charge in [-0.05, 0) is 50.8 Å². The Balaban J connectivity index is 2.24. The molecule has 1 heterocycles. The molecule has 2 aromatic carbocycles. The topological polar surface area (TPSA) is 39.2 Å². The van der Waals surface area contributed by atoms with E-state index in [9.17, 15) is 0 Å². The van der Waals surface area contributed by atoms with Gasteiger partial charge in [0.15, 0.2) is 4.67 Å². The molecular weight excluding hydrogens is 302 g/mol. The fourth-order valence-electron chi connectivity index (χ4n) is 2.50. The van der Waals surface area contributed by atoms with E-state index < -0.39 is 0 Å². The van der Waals surface area contributed by atoms with Crippen molar-refractivity contribution in [2.75, 3.05) is 0 Å². The first-order chi connectivity index (χ1) is 9.18. The summed E-state index contributed by atoms with van der Waals surface area (Å²) in [4.78, 5) is 0. The molecule has 0 radical (unpaired) electrons. The highest BCUT2D eigenvalue weighted by molar-refractivity contribution is 9.10. The van der Waals surface area contributed by atoms with E-state index in [-0.39, 0.29) is 6.04 Å². The van der Waals surface area contributed by atoms with Crippen molar-refractivity contribution >= 4 is 26.7 Å². The Morgan fingerprint density at radius 1 is 1.11 bits per heavy atom. The number of fused-ring (bicyclic) bond motifs is 1. The third-order valence-electron chi connectivity index (χ3n) is 3.48. The normalized spacial score (nSPS) is 12.8. The number of hydrogen-bond acceptors (Lipinski definition) is 2. The van der Waals surface area contributed by atoms with Gasteiger partial charge in [0, 0.05) is 5.56 Å². The summed E-state index contributed by atoms with van der Waals surface area (Å²) < 4.78 is 6.00. The molecule has 0 aliphatic rings. The molecule has 3 heteroatoms. The van der Waals surface area contributed by atoms with Gasteiger partial charge < -0.3 is 10.2 Å². The summed E-state index contributed by atoms with van der Waals surface area (Å²) in [6, 6.07) is 14.3. The van der Waals surface area contributed by atoms with Crippen LogP contribution in [0.2, 0.25) is 0 Å². The van der Waals surface area contributed by atoms with Gasteiger partial charge in [-0.25, -0.2) is 0 Å². The summed E-state index contributed by atoms with van der Waals surface area (Å²) in [5.74, 6) is 0. The fourth-order valence-corrected chi connectivity index (χ4v) is 2.99. The number of hydrogen-bond donors (Lipinski definition) is 1. The summed E-state index contributed by atoms with van der Waals surface area (Å²) in [7, 11) is 0. The number of rotatable bonds is 2. The molecule has 0 saturated heterocycles. The van der Waals surface area contributed by atoms with Gasteiger partial charge in [-0.15, -0.1) is 0 Å². The largest absolute Gasteiger partial charge is 0.457 e. The van der Waals surface area contributed by atoms with Crippen LogP contribution in [0.15, 0.2) is 57.8 Å². The standard InChI is InChI=1S/C16H14BrNO/c1-10-6-7-11-4-2-3-5-12(11)14(10)15(18)13-8-9-19-16(13)17/h2-9,15H,18H2,1H3. The zero-order chi connectivity index (χ0) is 13.4. The van der Waals surface area contributed by atoms with Crippen molar-refractivity contribution in [3.05, 3.63) is 70.1 Å². The van der Waals surface area contributed by atoms with E-state index in [0.717, 1.165) is 11.1 Å². The Labute approximate surface area is 120 Å². The maximum absolute atomic E-state index is 6.44. The van der Waals surface area contributed by atoms with Gasteiger partial charge in [0.2, 0.25) is 0 Å². The molecule has 0 bridgehead atoms. The van der Waals surface area contributed by atoms with Crippen LogP contribution in [-0.4, -0.2) is 0 Å². The smallest absolute Gasteiger partial charge is 0.174 e. The van der Waals surface area contributed by atoms with Gasteiger partial charge in [-0.3, -0.25) is 0 Å². The molecule has 1 atom stereocenters. The van der Waals surface area contributed by atoms with Gasteiger partial charge in [0.25, 0.3) is 0 Å². The Bertz CT molecular complexity index is 732. The van der Waals surface area contributed by atoms with Crippen LogP contribution < -0.4 is 5.73 Å². The van der Waals surface area contributed by atoms with Crippen molar-refractivity contribution in [3.8, 4) is 0 Å². The predicted octanol–water partition coefficient (Wildman–Crippen LogP) is 4.55. The molecule has 1 aromatic heterocycles. The molecule has 0 aliphatic heterocycles. The first-order valence-corrected chi connectivity index (χ1v) is 6.94. The van der Waals surface area contributed by atoms with Crippen molar-refractivity contribution < 1.29 is 4.42 Å². The monoisotopic (exact) mass is 315 g/mol. The Morgan fingerprint density at radius 3 is 2.63 bits per heavy atom. The molecular formula is C16H14BrNO. The number of aryl methyl sites for hydroxylation is 1. The SMILES string of the molecule is Cc1ccc2ccccc2c1C(N)c1ccoc1Br. The Kier molecular flexibility index (Phi) is 3.17. The first-order valence-electron chi connectivity index (χ1n) is 6.15. The number of benzene rings is 2. The molecule has 96 valence electrons. The van der Waals surface area contributed by atoms with E-state index in [0.29, 0.717) is 4.67 Å². The minimum atomic E-state index is -0.195. The van der Waals surface area contributed by atoms with Crippen LogP contribution in [0.5, 0.6) is 0 Å². The summed E-state index contributed by atoms with van der Waals surface area (Å²) in [5.41, 5.74) is 9.76. The molecule has 0 spiro atoms. The molecule has 19 heavy (non-hydrogen) atoms. The number of halogens is 1. The summed E-state index contributed by atoms with van der Waals surface area (Å²) in [6.45, 7) is 2.09. The van der Waals surface area contributed by atoms with Crippen molar-refractivity contribution in [2.45, 2.75) is 13.0 Å². The van der Waals surface area contributed by atoms with E-state index in [4.69, 9.17) is 10.2 Å². The lowest BCUT2D eigenvalue weighted by Crippen LogP contribution is -2.13. The van der Waals surface area contributed by atoms with Crippen LogP contribution in [0.25, 0.3) is 10.8 Å². The van der Waals surface area contributed by atoms with Crippen LogP contribution in [0.4, 0.5) is 0 Å². The molecule has 0 fully saturated rings. The minimum absolute atomic E-state index is 0.195. The quantitative estimate of drug-likeness (QED) is 0.753. The summed E-state index contributed by atoms with van der Waals surface area (Å²) in [5, 5.41) is 2.40. The zero-order valence-corrected chi connectivity index (χ0v) is 12.1. The van der Waals surface area contributed by atoms with Crippen molar-refractivity contribution in [1.82, 2.24) is 0 Å². The Morgan fingerprint density at radius 2 is 1.89 bits per heavy atom. The van der Waals surface area contributed by atoms with Crippen LogP contribution >= 0.6 is 15.9 Å². The fraction of sp³-hybridized carbons (Fsp3) is 0.125. The highest BCUT2D eigenvalue weighted by Crippen LogP contribution is 2.33. The molecule has 1 unspecified atom stereocenters. The van der Waals surface area contributed by atoms with E-state index in [1.165, 1.54) is 16.3 Å². The molecule has 0 amide bonds. The molecule has 3 rings (SSSR count). The van der Waals surface area contributed by atoms with Crippen LogP contribution in [0, 0.1) is 6.92 Å². The van der Waals surface area contributed by atoms with Crippen LogP contribution in [-0.2, 0) is 0 Å². The van der Waals surface area contributed by atoms with Gasteiger partial charge in [0.05, 0.1) is 12.3 Å². The molecule has 0 aliphatic carbocycles. The van der Waals surface area contributed by atoms with Crippen molar-refractivity contribution in [2.24, 2.45) is 5.73 Å². The highest BCUT2D eigenvalue weighted by atomic mass is 79.9. The summed E-state index contributed by atoms with van der Waals surface area (Å²) in [6.07, 6.45) is 1.65. The second-order valence-electron chi connectivity index (χ2n) is 4.64. The second kappa shape index (κ2) is 4.83. The van der Waals surface area contributed by atoms with Crippen LogP contribution in [0.3, 0.4) is 0 Å². The zero-order valence-electron chi connectivity index (χ0n) is 10.6. The van der Waals surface area contributed by atoms with E-state index in [1.807, 2.05) is 18.2 Å².